The third kappa shape index (κ3) is 4.00. The van der Waals surface area contributed by atoms with Gasteiger partial charge in [-0.05, 0) is 29.5 Å². The first-order valence-corrected chi connectivity index (χ1v) is 7.78. The van der Waals surface area contributed by atoms with Crippen LogP contribution in [-0.2, 0) is 19.7 Å². The summed E-state index contributed by atoms with van der Waals surface area (Å²) in [4.78, 5) is 14.5. The van der Waals surface area contributed by atoms with Gasteiger partial charge in [0.05, 0.1) is 12.7 Å². The summed E-state index contributed by atoms with van der Waals surface area (Å²) in [5, 5.41) is 19.1. The molecule has 0 amide bonds. The molecule has 3 aromatic rings. The van der Waals surface area contributed by atoms with E-state index in [4.69, 9.17) is 4.74 Å². The molecular formula is C16H18N6O3. The lowest BCUT2D eigenvalue weighted by molar-refractivity contribution is -0.392. The van der Waals surface area contributed by atoms with Crippen LogP contribution >= 0.6 is 0 Å². The fourth-order valence-corrected chi connectivity index (χ4v) is 2.46. The van der Waals surface area contributed by atoms with E-state index in [9.17, 15) is 10.1 Å². The van der Waals surface area contributed by atoms with Crippen molar-refractivity contribution in [1.82, 2.24) is 24.5 Å². The van der Waals surface area contributed by atoms with Crippen LogP contribution in [0.4, 0.5) is 5.82 Å². The van der Waals surface area contributed by atoms with Crippen LogP contribution in [0.3, 0.4) is 0 Å². The molecule has 0 aliphatic carbocycles. The lowest BCUT2D eigenvalue weighted by Gasteiger charge is -2.04. The molecule has 0 atom stereocenters. The van der Waals surface area contributed by atoms with Gasteiger partial charge in [0.2, 0.25) is 0 Å². The topological polar surface area (TPSA) is 101 Å². The van der Waals surface area contributed by atoms with E-state index in [1.807, 2.05) is 31.2 Å². The third-order valence-corrected chi connectivity index (χ3v) is 3.74. The minimum absolute atomic E-state index is 0.0272. The number of aromatic nitrogens is 5. The van der Waals surface area contributed by atoms with Crippen molar-refractivity contribution in [2.75, 3.05) is 0 Å². The van der Waals surface area contributed by atoms with Crippen molar-refractivity contribution in [1.29, 1.82) is 0 Å². The van der Waals surface area contributed by atoms with Gasteiger partial charge in [0, 0.05) is 6.92 Å². The Morgan fingerprint density at radius 1 is 1.28 bits per heavy atom. The van der Waals surface area contributed by atoms with Gasteiger partial charge in [-0.25, -0.2) is 14.2 Å². The predicted molar refractivity (Wildman–Crippen MR) is 89.2 cm³/mol. The number of hydrogen-bond donors (Lipinski definition) is 0. The SMILES string of the molecule is Cc1cccc(OCc2cn(CCn3c([N+](=O)[O-])cnc3C)nn2)c1. The molecule has 2 heterocycles. The first-order chi connectivity index (χ1) is 12.0. The van der Waals surface area contributed by atoms with Gasteiger partial charge in [0.1, 0.15) is 30.8 Å². The largest absolute Gasteiger partial charge is 0.487 e. The quantitative estimate of drug-likeness (QED) is 0.482. The minimum Gasteiger partial charge on any atom is -0.487 e. The van der Waals surface area contributed by atoms with Crippen LogP contribution < -0.4 is 4.74 Å². The Balaban J connectivity index is 1.59. The summed E-state index contributed by atoms with van der Waals surface area (Å²) in [5.41, 5.74) is 1.82. The van der Waals surface area contributed by atoms with Crippen LogP contribution in [0.15, 0.2) is 36.7 Å². The average molecular weight is 342 g/mol. The second-order valence-corrected chi connectivity index (χ2v) is 5.65. The van der Waals surface area contributed by atoms with Crippen molar-refractivity contribution in [2.45, 2.75) is 33.5 Å². The Labute approximate surface area is 144 Å². The summed E-state index contributed by atoms with van der Waals surface area (Å²) >= 11 is 0. The molecule has 0 radical (unpaired) electrons. The van der Waals surface area contributed by atoms with E-state index in [1.165, 1.54) is 6.20 Å². The number of rotatable bonds is 7. The van der Waals surface area contributed by atoms with E-state index < -0.39 is 4.92 Å². The van der Waals surface area contributed by atoms with Crippen molar-refractivity contribution in [3.05, 3.63) is 63.9 Å². The molecule has 0 bridgehead atoms. The normalized spacial score (nSPS) is 10.8. The molecule has 1 aromatic carbocycles. The highest BCUT2D eigenvalue weighted by Gasteiger charge is 2.17. The first-order valence-electron chi connectivity index (χ1n) is 7.78. The predicted octanol–water partition coefficient (Wildman–Crippen LogP) is 2.28. The Bertz CT molecular complexity index is 886. The smallest absolute Gasteiger partial charge is 0.342 e. The maximum absolute atomic E-state index is 11.0. The lowest BCUT2D eigenvalue weighted by atomic mass is 10.2. The molecule has 9 heteroatoms. The Morgan fingerprint density at radius 3 is 2.88 bits per heavy atom. The molecule has 0 unspecified atom stereocenters. The van der Waals surface area contributed by atoms with E-state index in [1.54, 1.807) is 22.4 Å². The highest BCUT2D eigenvalue weighted by Crippen LogP contribution is 2.15. The molecule has 9 nitrogen and oxygen atoms in total. The molecule has 0 aliphatic rings. The molecule has 0 saturated heterocycles. The first kappa shape index (κ1) is 16.6. The summed E-state index contributed by atoms with van der Waals surface area (Å²) < 4.78 is 8.87. The second-order valence-electron chi connectivity index (χ2n) is 5.65. The zero-order valence-electron chi connectivity index (χ0n) is 14.0. The van der Waals surface area contributed by atoms with E-state index in [0.717, 1.165) is 11.3 Å². The molecule has 2 aromatic heterocycles. The molecule has 0 saturated carbocycles. The molecule has 3 rings (SSSR count). The minimum atomic E-state index is -0.442. The standard InChI is InChI=1S/C16H18N6O3/c1-12-4-3-5-15(8-12)25-11-14-10-20(19-18-14)6-7-21-13(2)17-9-16(21)22(23)24/h3-5,8-10H,6-7,11H2,1-2H3. The Morgan fingerprint density at radius 2 is 2.12 bits per heavy atom. The van der Waals surface area contributed by atoms with Gasteiger partial charge in [-0.15, -0.1) is 5.10 Å². The van der Waals surface area contributed by atoms with Crippen molar-refractivity contribution in [3.8, 4) is 5.75 Å². The van der Waals surface area contributed by atoms with Crippen LogP contribution in [-0.4, -0.2) is 29.5 Å². The van der Waals surface area contributed by atoms with Crippen molar-refractivity contribution >= 4 is 5.82 Å². The molecule has 0 N–H and O–H groups in total. The fourth-order valence-electron chi connectivity index (χ4n) is 2.46. The van der Waals surface area contributed by atoms with Gasteiger partial charge >= 0.3 is 5.82 Å². The fraction of sp³-hybridized carbons (Fsp3) is 0.312. The van der Waals surface area contributed by atoms with Gasteiger partial charge in [-0.3, -0.25) is 0 Å². The van der Waals surface area contributed by atoms with Crippen molar-refractivity contribution in [2.24, 2.45) is 0 Å². The lowest BCUT2D eigenvalue weighted by Crippen LogP contribution is -2.11. The number of nitrogens with zero attached hydrogens (tertiary/aromatic N) is 6. The Hall–Kier alpha value is -3.23. The Kier molecular flexibility index (Phi) is 4.73. The third-order valence-electron chi connectivity index (χ3n) is 3.74. The molecule has 25 heavy (non-hydrogen) atoms. The van der Waals surface area contributed by atoms with Crippen LogP contribution in [0.2, 0.25) is 0 Å². The average Bonchev–Trinajstić information content (AvgIpc) is 3.17. The highest BCUT2D eigenvalue weighted by molar-refractivity contribution is 5.27. The van der Waals surface area contributed by atoms with Crippen LogP contribution in [0.25, 0.3) is 0 Å². The monoisotopic (exact) mass is 342 g/mol. The molecule has 0 spiro atoms. The molecule has 0 aliphatic heterocycles. The van der Waals surface area contributed by atoms with Gasteiger partial charge in [-0.1, -0.05) is 17.3 Å². The molecule has 0 fully saturated rings. The van der Waals surface area contributed by atoms with Crippen LogP contribution in [0.5, 0.6) is 5.75 Å². The highest BCUT2D eigenvalue weighted by atomic mass is 16.6. The summed E-state index contributed by atoms with van der Waals surface area (Å²) in [6.07, 6.45) is 3.03. The van der Waals surface area contributed by atoms with Crippen LogP contribution in [0.1, 0.15) is 17.1 Å². The summed E-state index contributed by atoms with van der Waals surface area (Å²) in [6, 6.07) is 7.77. The number of imidazole rings is 1. The second kappa shape index (κ2) is 7.12. The maximum atomic E-state index is 11.0. The van der Waals surface area contributed by atoms with E-state index in [0.29, 0.717) is 31.2 Å². The van der Waals surface area contributed by atoms with Crippen LogP contribution in [0, 0.1) is 24.0 Å². The number of benzene rings is 1. The number of aryl methyl sites for hydroxylation is 3. The number of hydrogen-bond acceptors (Lipinski definition) is 6. The van der Waals surface area contributed by atoms with Gasteiger partial charge < -0.3 is 14.9 Å². The van der Waals surface area contributed by atoms with Gasteiger partial charge in [0.25, 0.3) is 0 Å². The zero-order chi connectivity index (χ0) is 17.8. The molecular weight excluding hydrogens is 324 g/mol. The van der Waals surface area contributed by atoms with E-state index in [-0.39, 0.29) is 5.82 Å². The summed E-state index contributed by atoms with van der Waals surface area (Å²) in [7, 11) is 0. The van der Waals surface area contributed by atoms with Gasteiger partial charge in [-0.2, -0.15) is 0 Å². The summed E-state index contributed by atoms with van der Waals surface area (Å²) in [5.74, 6) is 1.34. The zero-order valence-corrected chi connectivity index (χ0v) is 14.0. The summed E-state index contributed by atoms with van der Waals surface area (Å²) in [6.45, 7) is 4.89. The van der Waals surface area contributed by atoms with E-state index in [2.05, 4.69) is 15.3 Å². The van der Waals surface area contributed by atoms with E-state index >= 15 is 0 Å². The van der Waals surface area contributed by atoms with Gasteiger partial charge in [0.15, 0.2) is 5.82 Å². The number of nitro groups is 1. The maximum Gasteiger partial charge on any atom is 0.342 e. The van der Waals surface area contributed by atoms with Crippen molar-refractivity contribution < 1.29 is 9.66 Å². The number of ether oxygens (including phenoxy) is 1. The molecule has 130 valence electrons. The van der Waals surface area contributed by atoms with Crippen molar-refractivity contribution in [3.63, 3.8) is 0 Å².